The molecule has 3 aromatic rings. The first kappa shape index (κ1) is 20.3. The summed E-state index contributed by atoms with van der Waals surface area (Å²) in [6.07, 6.45) is 0. The van der Waals surface area contributed by atoms with Crippen LogP contribution in [-0.2, 0) is 11.3 Å². The van der Waals surface area contributed by atoms with E-state index < -0.39 is 10.9 Å². The Morgan fingerprint density at radius 3 is 2.62 bits per heavy atom. The summed E-state index contributed by atoms with van der Waals surface area (Å²) in [7, 11) is 3.12. The van der Waals surface area contributed by atoms with Gasteiger partial charge in [-0.2, -0.15) is 0 Å². The monoisotopic (exact) mass is 414 g/mol. The molecular formula is C20H18N2O6S. The first-order valence-corrected chi connectivity index (χ1v) is 9.40. The molecule has 0 amide bonds. The number of carbonyl (C=O) groups is 1. The smallest absolute Gasteiger partial charge is 0.345 e. The highest BCUT2D eigenvalue weighted by Crippen LogP contribution is 2.33. The zero-order valence-corrected chi connectivity index (χ0v) is 16.8. The molecule has 1 aromatic heterocycles. The molecular weight excluding hydrogens is 396 g/mol. The number of esters is 1. The number of aryl methyl sites for hydroxylation is 1. The molecule has 0 fully saturated rings. The number of para-hydroxylation sites is 1. The Hall–Kier alpha value is -3.46. The molecule has 0 aliphatic carbocycles. The third-order valence-corrected chi connectivity index (χ3v) is 5.11. The molecule has 0 unspecified atom stereocenters. The summed E-state index contributed by atoms with van der Waals surface area (Å²) in [6.45, 7) is 1.48. The van der Waals surface area contributed by atoms with Gasteiger partial charge in [0.15, 0.2) is 11.5 Å². The maximum atomic E-state index is 12.3. The maximum Gasteiger partial charge on any atom is 0.345 e. The summed E-state index contributed by atoms with van der Waals surface area (Å²) in [6, 6.07) is 9.98. The fourth-order valence-electron chi connectivity index (χ4n) is 2.76. The molecule has 29 heavy (non-hydrogen) atoms. The SMILES string of the molecule is COc1ccc(-c2nc(COC(=O)c3cccc(C)c3[N+](=O)[O-])cs2)cc1OC. The van der Waals surface area contributed by atoms with Gasteiger partial charge in [0.25, 0.3) is 5.69 Å². The highest BCUT2D eigenvalue weighted by molar-refractivity contribution is 7.13. The average molecular weight is 414 g/mol. The Balaban J connectivity index is 1.74. The van der Waals surface area contributed by atoms with E-state index in [1.807, 2.05) is 12.1 Å². The number of methoxy groups -OCH3 is 2. The number of benzene rings is 2. The molecule has 0 saturated carbocycles. The lowest BCUT2D eigenvalue weighted by atomic mass is 10.1. The molecule has 0 saturated heterocycles. The lowest BCUT2D eigenvalue weighted by Gasteiger charge is -2.08. The van der Waals surface area contributed by atoms with Crippen molar-refractivity contribution in [3.05, 3.63) is 68.7 Å². The Bertz CT molecular complexity index is 1060. The van der Waals surface area contributed by atoms with Crippen LogP contribution in [0.3, 0.4) is 0 Å². The number of nitro groups is 1. The lowest BCUT2D eigenvalue weighted by Crippen LogP contribution is -2.09. The molecule has 0 radical (unpaired) electrons. The van der Waals surface area contributed by atoms with Crippen molar-refractivity contribution in [2.24, 2.45) is 0 Å². The van der Waals surface area contributed by atoms with Crippen LogP contribution < -0.4 is 9.47 Å². The van der Waals surface area contributed by atoms with E-state index in [0.29, 0.717) is 22.8 Å². The average Bonchev–Trinajstić information content (AvgIpc) is 3.20. The summed E-state index contributed by atoms with van der Waals surface area (Å²) in [5, 5.41) is 13.7. The molecule has 0 N–H and O–H groups in total. The minimum Gasteiger partial charge on any atom is -0.493 e. The van der Waals surface area contributed by atoms with E-state index in [-0.39, 0.29) is 17.9 Å². The Morgan fingerprint density at radius 1 is 1.17 bits per heavy atom. The van der Waals surface area contributed by atoms with Crippen LogP contribution in [0.25, 0.3) is 10.6 Å². The van der Waals surface area contributed by atoms with Crippen molar-refractivity contribution in [3.63, 3.8) is 0 Å². The molecule has 2 aromatic carbocycles. The van der Waals surface area contributed by atoms with Crippen LogP contribution in [0.1, 0.15) is 21.6 Å². The van der Waals surface area contributed by atoms with E-state index in [0.717, 1.165) is 10.6 Å². The number of hydrogen-bond donors (Lipinski definition) is 0. The third kappa shape index (κ3) is 4.35. The number of rotatable bonds is 7. The molecule has 0 aliphatic heterocycles. The third-order valence-electron chi connectivity index (χ3n) is 4.17. The highest BCUT2D eigenvalue weighted by atomic mass is 32.1. The molecule has 0 bridgehead atoms. The van der Waals surface area contributed by atoms with Gasteiger partial charge in [0.05, 0.1) is 24.8 Å². The normalized spacial score (nSPS) is 10.4. The standard InChI is InChI=1S/C20H18N2O6S/c1-12-5-4-6-15(18(12)22(24)25)20(23)28-10-14-11-29-19(21-14)13-7-8-16(26-2)17(9-13)27-3/h4-9,11H,10H2,1-3H3. The van der Waals surface area contributed by atoms with Crippen molar-refractivity contribution in [2.45, 2.75) is 13.5 Å². The minimum atomic E-state index is -0.763. The van der Waals surface area contributed by atoms with Crippen LogP contribution in [0.4, 0.5) is 5.69 Å². The molecule has 0 spiro atoms. The van der Waals surface area contributed by atoms with E-state index in [4.69, 9.17) is 14.2 Å². The second-order valence-corrected chi connectivity index (χ2v) is 6.88. The van der Waals surface area contributed by atoms with Gasteiger partial charge in [-0.25, -0.2) is 9.78 Å². The molecule has 8 nitrogen and oxygen atoms in total. The number of thiazole rings is 1. The van der Waals surface area contributed by atoms with E-state index in [1.165, 1.54) is 17.4 Å². The maximum absolute atomic E-state index is 12.3. The fraction of sp³-hybridized carbons (Fsp3) is 0.200. The first-order valence-electron chi connectivity index (χ1n) is 8.52. The van der Waals surface area contributed by atoms with Crippen LogP contribution in [-0.4, -0.2) is 30.1 Å². The second kappa shape index (κ2) is 8.70. The van der Waals surface area contributed by atoms with E-state index in [9.17, 15) is 14.9 Å². The largest absolute Gasteiger partial charge is 0.493 e. The van der Waals surface area contributed by atoms with E-state index in [1.54, 1.807) is 44.7 Å². The van der Waals surface area contributed by atoms with E-state index in [2.05, 4.69) is 4.98 Å². The minimum absolute atomic E-state index is 0.0784. The zero-order valence-electron chi connectivity index (χ0n) is 16.0. The quantitative estimate of drug-likeness (QED) is 0.321. The molecule has 1 heterocycles. The van der Waals surface area contributed by atoms with Crippen molar-refractivity contribution in [2.75, 3.05) is 14.2 Å². The van der Waals surface area contributed by atoms with Crippen molar-refractivity contribution in [1.29, 1.82) is 0 Å². The fourth-order valence-corrected chi connectivity index (χ4v) is 3.56. The molecule has 0 aliphatic rings. The predicted molar refractivity (Wildman–Crippen MR) is 108 cm³/mol. The number of nitrogens with zero attached hydrogens (tertiary/aromatic N) is 2. The number of nitro benzene ring substituents is 1. The van der Waals surface area contributed by atoms with Crippen molar-refractivity contribution in [1.82, 2.24) is 4.98 Å². The van der Waals surface area contributed by atoms with Gasteiger partial charge in [-0.3, -0.25) is 10.1 Å². The van der Waals surface area contributed by atoms with Gasteiger partial charge in [0.2, 0.25) is 0 Å². The topological polar surface area (TPSA) is 101 Å². The summed E-state index contributed by atoms with van der Waals surface area (Å²) < 4.78 is 15.8. The van der Waals surface area contributed by atoms with Crippen LogP contribution in [0, 0.1) is 17.0 Å². The van der Waals surface area contributed by atoms with Gasteiger partial charge in [-0.1, -0.05) is 12.1 Å². The Labute approximate surface area is 170 Å². The van der Waals surface area contributed by atoms with Gasteiger partial charge in [-0.05, 0) is 31.2 Å². The van der Waals surface area contributed by atoms with Gasteiger partial charge in [-0.15, -0.1) is 11.3 Å². The van der Waals surface area contributed by atoms with Crippen molar-refractivity contribution < 1.29 is 23.9 Å². The van der Waals surface area contributed by atoms with Crippen LogP contribution >= 0.6 is 11.3 Å². The van der Waals surface area contributed by atoms with Gasteiger partial charge in [0, 0.05) is 16.5 Å². The molecule has 3 rings (SSSR count). The number of carbonyl (C=O) groups excluding carboxylic acids is 1. The van der Waals surface area contributed by atoms with E-state index >= 15 is 0 Å². The first-order chi connectivity index (χ1) is 13.9. The summed E-state index contributed by atoms with van der Waals surface area (Å²) in [5.74, 6) is 0.433. The van der Waals surface area contributed by atoms with Gasteiger partial charge in [0.1, 0.15) is 17.2 Å². The molecule has 0 atom stereocenters. The number of hydrogen-bond acceptors (Lipinski definition) is 8. The van der Waals surface area contributed by atoms with Crippen LogP contribution in [0.5, 0.6) is 11.5 Å². The van der Waals surface area contributed by atoms with Gasteiger partial charge >= 0.3 is 5.97 Å². The number of aromatic nitrogens is 1. The Morgan fingerprint density at radius 2 is 1.93 bits per heavy atom. The lowest BCUT2D eigenvalue weighted by molar-refractivity contribution is -0.385. The number of ether oxygens (including phenoxy) is 3. The summed E-state index contributed by atoms with van der Waals surface area (Å²) >= 11 is 1.39. The molecule has 9 heteroatoms. The zero-order chi connectivity index (χ0) is 21.0. The van der Waals surface area contributed by atoms with Gasteiger partial charge < -0.3 is 14.2 Å². The van der Waals surface area contributed by atoms with Crippen molar-refractivity contribution >= 4 is 23.0 Å². The van der Waals surface area contributed by atoms with Crippen molar-refractivity contribution in [3.8, 4) is 22.1 Å². The second-order valence-electron chi connectivity index (χ2n) is 6.02. The summed E-state index contributed by atoms with van der Waals surface area (Å²) in [5.41, 5.74) is 1.45. The highest BCUT2D eigenvalue weighted by Gasteiger charge is 2.23. The molecule has 150 valence electrons. The van der Waals surface area contributed by atoms with Crippen LogP contribution in [0.15, 0.2) is 41.8 Å². The Kier molecular flexibility index (Phi) is 6.08. The van der Waals surface area contributed by atoms with Crippen LogP contribution in [0.2, 0.25) is 0 Å². The summed E-state index contributed by atoms with van der Waals surface area (Å²) in [4.78, 5) is 27.5. The predicted octanol–water partition coefficient (Wildman–Crippen LogP) is 4.40.